The number of hydrogen-bond donors (Lipinski definition) is 0. The summed E-state index contributed by atoms with van der Waals surface area (Å²) in [4.78, 5) is 24.3. The van der Waals surface area contributed by atoms with Gasteiger partial charge in [-0.3, -0.25) is 9.59 Å². The smallest absolute Gasteiger partial charge is 0.316 e. The summed E-state index contributed by atoms with van der Waals surface area (Å²) in [6.45, 7) is 11.9. The monoisotopic (exact) mass is 258 g/mol. The number of carbonyl (C=O) groups excluding carboxylic acids is 2. The summed E-state index contributed by atoms with van der Waals surface area (Å²) in [5.41, 5.74) is 0. The lowest BCUT2D eigenvalue weighted by Gasteiger charge is -2.25. The molecule has 2 atom stereocenters. The van der Waals surface area contributed by atoms with Crippen molar-refractivity contribution >= 4 is 11.8 Å². The van der Waals surface area contributed by atoms with E-state index >= 15 is 0 Å². The zero-order valence-corrected chi connectivity index (χ0v) is 12.4. The summed E-state index contributed by atoms with van der Waals surface area (Å²) < 4.78 is 10.4. The van der Waals surface area contributed by atoms with Crippen LogP contribution in [0, 0.1) is 17.8 Å². The minimum Gasteiger partial charge on any atom is -0.465 e. The van der Waals surface area contributed by atoms with Crippen LogP contribution in [0.15, 0.2) is 0 Å². The van der Waals surface area contributed by atoms with Crippen molar-refractivity contribution in [3.05, 3.63) is 0 Å². The number of esters is 1. The van der Waals surface area contributed by atoms with Crippen LogP contribution in [-0.4, -0.2) is 31.1 Å². The quantitative estimate of drug-likeness (QED) is 0.495. The van der Waals surface area contributed by atoms with Crippen LogP contribution in [0.1, 0.15) is 41.5 Å². The maximum absolute atomic E-state index is 12.4. The van der Waals surface area contributed by atoms with Crippen LogP contribution in [-0.2, 0) is 19.1 Å². The second-order valence-corrected chi connectivity index (χ2v) is 5.00. The Kier molecular flexibility index (Phi) is 7.83. The first-order chi connectivity index (χ1) is 8.36. The van der Waals surface area contributed by atoms with E-state index in [0.717, 1.165) is 0 Å². The Morgan fingerprint density at radius 2 is 1.50 bits per heavy atom. The second-order valence-electron chi connectivity index (χ2n) is 5.00. The Morgan fingerprint density at radius 1 is 0.944 bits per heavy atom. The predicted molar refractivity (Wildman–Crippen MR) is 70.2 cm³/mol. The Hall–Kier alpha value is -0.900. The van der Waals surface area contributed by atoms with Gasteiger partial charge in [-0.2, -0.15) is 0 Å². The van der Waals surface area contributed by atoms with Crippen molar-refractivity contribution in [2.24, 2.45) is 17.8 Å². The lowest BCUT2D eigenvalue weighted by molar-refractivity contribution is -0.158. The van der Waals surface area contributed by atoms with E-state index in [2.05, 4.69) is 0 Å². The van der Waals surface area contributed by atoms with Crippen molar-refractivity contribution in [3.8, 4) is 0 Å². The molecule has 0 bridgehead atoms. The van der Waals surface area contributed by atoms with Crippen LogP contribution < -0.4 is 0 Å². The van der Waals surface area contributed by atoms with Crippen LogP contribution in [0.2, 0.25) is 0 Å². The normalized spacial score (nSPS) is 14.7. The van der Waals surface area contributed by atoms with Crippen molar-refractivity contribution < 1.29 is 19.1 Å². The second kappa shape index (κ2) is 8.25. The van der Waals surface area contributed by atoms with Gasteiger partial charge in [0, 0.05) is 6.61 Å². The van der Waals surface area contributed by atoms with Crippen molar-refractivity contribution in [1.29, 1.82) is 0 Å². The summed E-state index contributed by atoms with van der Waals surface area (Å²) in [5, 5.41) is 0. The predicted octanol–water partition coefficient (Wildman–Crippen LogP) is 2.45. The van der Waals surface area contributed by atoms with Crippen molar-refractivity contribution in [2.45, 2.75) is 47.6 Å². The molecule has 0 radical (unpaired) electrons. The Balaban J connectivity index is 4.98. The average Bonchev–Trinajstić information content (AvgIpc) is 2.25. The molecule has 18 heavy (non-hydrogen) atoms. The maximum atomic E-state index is 12.4. The third kappa shape index (κ3) is 4.77. The lowest BCUT2D eigenvalue weighted by atomic mass is 9.85. The van der Waals surface area contributed by atoms with E-state index in [0.29, 0.717) is 6.61 Å². The number of Topliss-reactive ketones (excluding diaryl/α,β-unsaturated/α-hetero) is 1. The summed E-state index contributed by atoms with van der Waals surface area (Å²) in [6.07, 6.45) is -0.535. The number of rotatable bonds is 8. The van der Waals surface area contributed by atoms with Gasteiger partial charge < -0.3 is 9.47 Å². The Bertz CT molecular complexity index is 271. The fourth-order valence-electron chi connectivity index (χ4n) is 1.91. The van der Waals surface area contributed by atoms with Gasteiger partial charge in [-0.15, -0.1) is 0 Å². The van der Waals surface area contributed by atoms with E-state index < -0.39 is 18.0 Å². The maximum Gasteiger partial charge on any atom is 0.316 e. The SMILES string of the molecule is CCOC(=O)C(C(=O)C(OCC)C(C)C)C(C)C. The first-order valence-electron chi connectivity index (χ1n) is 6.68. The first-order valence-corrected chi connectivity index (χ1v) is 6.68. The molecule has 0 rings (SSSR count). The summed E-state index contributed by atoms with van der Waals surface area (Å²) >= 11 is 0. The van der Waals surface area contributed by atoms with Gasteiger partial charge in [-0.25, -0.2) is 0 Å². The van der Waals surface area contributed by atoms with Gasteiger partial charge in [-0.1, -0.05) is 27.7 Å². The van der Waals surface area contributed by atoms with Gasteiger partial charge in [0.2, 0.25) is 0 Å². The highest BCUT2D eigenvalue weighted by atomic mass is 16.5. The molecule has 4 heteroatoms. The molecular formula is C14H26O4. The fraction of sp³-hybridized carbons (Fsp3) is 0.857. The van der Waals surface area contributed by atoms with E-state index in [1.54, 1.807) is 6.92 Å². The number of ether oxygens (including phenoxy) is 2. The first kappa shape index (κ1) is 17.1. The number of hydrogen-bond acceptors (Lipinski definition) is 4. The van der Waals surface area contributed by atoms with Gasteiger partial charge >= 0.3 is 5.97 Å². The standard InChI is InChI=1S/C14H26O4/c1-7-17-13(10(5)6)12(15)11(9(3)4)14(16)18-8-2/h9-11,13H,7-8H2,1-6H3. The van der Waals surface area contributed by atoms with Crippen LogP contribution in [0.25, 0.3) is 0 Å². The van der Waals surface area contributed by atoms with Crippen molar-refractivity contribution in [1.82, 2.24) is 0 Å². The van der Waals surface area contributed by atoms with E-state index in [4.69, 9.17) is 9.47 Å². The minimum atomic E-state index is -0.733. The molecule has 0 aromatic rings. The molecule has 2 unspecified atom stereocenters. The zero-order chi connectivity index (χ0) is 14.3. The molecule has 0 aliphatic carbocycles. The largest absolute Gasteiger partial charge is 0.465 e. The van der Waals surface area contributed by atoms with Crippen molar-refractivity contribution in [3.63, 3.8) is 0 Å². The molecule has 0 aromatic carbocycles. The van der Waals surface area contributed by atoms with Crippen LogP contribution in [0.3, 0.4) is 0 Å². The zero-order valence-electron chi connectivity index (χ0n) is 12.4. The fourth-order valence-corrected chi connectivity index (χ4v) is 1.91. The highest BCUT2D eigenvalue weighted by Crippen LogP contribution is 2.21. The molecule has 0 aliphatic heterocycles. The van der Waals surface area contributed by atoms with Gasteiger partial charge in [0.25, 0.3) is 0 Å². The van der Waals surface area contributed by atoms with Crippen molar-refractivity contribution in [2.75, 3.05) is 13.2 Å². The molecule has 0 amide bonds. The van der Waals surface area contributed by atoms with E-state index in [1.165, 1.54) is 0 Å². The van der Waals surface area contributed by atoms with Crippen LogP contribution in [0.5, 0.6) is 0 Å². The van der Waals surface area contributed by atoms with Crippen LogP contribution >= 0.6 is 0 Å². The molecule has 0 N–H and O–H groups in total. The Morgan fingerprint density at radius 3 is 1.83 bits per heavy atom. The lowest BCUT2D eigenvalue weighted by Crippen LogP contribution is -2.41. The molecule has 4 nitrogen and oxygen atoms in total. The number of ketones is 1. The summed E-state index contributed by atoms with van der Waals surface area (Å²) in [7, 11) is 0. The van der Waals surface area contributed by atoms with Crippen LogP contribution in [0.4, 0.5) is 0 Å². The number of carbonyl (C=O) groups is 2. The minimum absolute atomic E-state index is 0.0492. The molecule has 0 saturated heterocycles. The third-order valence-corrected chi connectivity index (χ3v) is 2.75. The molecule has 0 aliphatic rings. The van der Waals surface area contributed by atoms with E-state index in [9.17, 15) is 9.59 Å². The van der Waals surface area contributed by atoms with Gasteiger partial charge in [0.05, 0.1) is 6.61 Å². The molecule has 0 aromatic heterocycles. The molecule has 0 heterocycles. The van der Waals surface area contributed by atoms with E-state index in [1.807, 2.05) is 34.6 Å². The summed E-state index contributed by atoms with van der Waals surface area (Å²) in [6, 6.07) is 0. The topological polar surface area (TPSA) is 52.6 Å². The van der Waals surface area contributed by atoms with E-state index in [-0.39, 0.29) is 24.2 Å². The molecular weight excluding hydrogens is 232 g/mol. The third-order valence-electron chi connectivity index (χ3n) is 2.75. The molecule has 0 spiro atoms. The van der Waals surface area contributed by atoms with Gasteiger partial charge in [0.15, 0.2) is 5.78 Å². The highest BCUT2D eigenvalue weighted by Gasteiger charge is 2.37. The molecule has 0 saturated carbocycles. The summed E-state index contributed by atoms with van der Waals surface area (Å²) in [5.74, 6) is -1.38. The molecule has 106 valence electrons. The Labute approximate surface area is 110 Å². The van der Waals surface area contributed by atoms with Gasteiger partial charge in [-0.05, 0) is 25.7 Å². The average molecular weight is 258 g/mol. The highest BCUT2D eigenvalue weighted by molar-refractivity contribution is 6.01. The van der Waals surface area contributed by atoms with Gasteiger partial charge in [0.1, 0.15) is 12.0 Å². The molecule has 0 fully saturated rings.